The fraction of sp³-hybridized carbons (Fsp3) is 0.615. The van der Waals surface area contributed by atoms with E-state index in [2.05, 4.69) is 28.9 Å². The molecule has 0 radical (unpaired) electrons. The molecule has 3 heteroatoms. The molecule has 0 spiro atoms. The molecule has 1 saturated heterocycles. The van der Waals surface area contributed by atoms with Crippen LogP contribution < -0.4 is 10.6 Å². The number of pyridine rings is 1. The monoisotopic (exact) mass is 219 g/mol. The van der Waals surface area contributed by atoms with E-state index in [1.165, 1.54) is 25.7 Å². The smallest absolute Gasteiger partial charge is 0.128 e. The third kappa shape index (κ3) is 2.35. The Morgan fingerprint density at radius 3 is 2.94 bits per heavy atom. The van der Waals surface area contributed by atoms with E-state index in [9.17, 15) is 0 Å². The Bertz CT molecular complexity index is 320. The summed E-state index contributed by atoms with van der Waals surface area (Å²) in [4.78, 5) is 6.97. The van der Waals surface area contributed by atoms with Crippen molar-refractivity contribution in [1.29, 1.82) is 0 Å². The number of hydrogen-bond donors (Lipinski definition) is 1. The molecule has 2 N–H and O–H groups in total. The molecule has 0 saturated carbocycles. The Labute approximate surface area is 97.7 Å². The van der Waals surface area contributed by atoms with Crippen LogP contribution in [0.5, 0.6) is 0 Å². The minimum absolute atomic E-state index is 0.574. The van der Waals surface area contributed by atoms with Gasteiger partial charge in [0.25, 0.3) is 0 Å². The molecule has 1 atom stereocenters. The first kappa shape index (κ1) is 11.4. The average molecular weight is 219 g/mol. The van der Waals surface area contributed by atoms with Gasteiger partial charge in [0.05, 0.1) is 0 Å². The molecule has 88 valence electrons. The number of piperidine rings is 1. The van der Waals surface area contributed by atoms with E-state index < -0.39 is 0 Å². The van der Waals surface area contributed by atoms with Crippen LogP contribution in [-0.4, -0.2) is 17.6 Å². The predicted molar refractivity (Wildman–Crippen MR) is 67.4 cm³/mol. The Balaban J connectivity index is 2.14. The molecule has 1 fully saturated rings. The average Bonchev–Trinajstić information content (AvgIpc) is 2.39. The Morgan fingerprint density at radius 1 is 1.44 bits per heavy atom. The van der Waals surface area contributed by atoms with Gasteiger partial charge in [0, 0.05) is 25.3 Å². The third-order valence-electron chi connectivity index (χ3n) is 3.44. The minimum atomic E-state index is 0.574. The number of nitrogens with zero attached hydrogens (tertiary/aromatic N) is 2. The third-order valence-corrected chi connectivity index (χ3v) is 3.44. The van der Waals surface area contributed by atoms with Gasteiger partial charge < -0.3 is 10.6 Å². The topological polar surface area (TPSA) is 42.1 Å². The highest BCUT2D eigenvalue weighted by molar-refractivity contribution is 5.41. The first-order valence-electron chi connectivity index (χ1n) is 6.26. The van der Waals surface area contributed by atoms with Crippen molar-refractivity contribution in [2.75, 3.05) is 11.4 Å². The first-order chi connectivity index (χ1) is 7.85. The lowest BCUT2D eigenvalue weighted by atomic mass is 10.00. The molecule has 0 bridgehead atoms. The van der Waals surface area contributed by atoms with Gasteiger partial charge in [0.15, 0.2) is 0 Å². The van der Waals surface area contributed by atoms with Gasteiger partial charge in [0.2, 0.25) is 0 Å². The van der Waals surface area contributed by atoms with Crippen LogP contribution in [0, 0.1) is 0 Å². The van der Waals surface area contributed by atoms with E-state index in [0.717, 1.165) is 17.9 Å². The first-order valence-corrected chi connectivity index (χ1v) is 6.26. The van der Waals surface area contributed by atoms with Crippen LogP contribution >= 0.6 is 0 Å². The quantitative estimate of drug-likeness (QED) is 0.848. The second kappa shape index (κ2) is 5.30. The summed E-state index contributed by atoms with van der Waals surface area (Å²) in [6.45, 7) is 3.98. The zero-order chi connectivity index (χ0) is 11.4. The molecule has 2 rings (SSSR count). The zero-order valence-electron chi connectivity index (χ0n) is 10.0. The van der Waals surface area contributed by atoms with Crippen molar-refractivity contribution in [3.63, 3.8) is 0 Å². The lowest BCUT2D eigenvalue weighted by Gasteiger charge is -2.36. The lowest BCUT2D eigenvalue weighted by Crippen LogP contribution is -2.39. The molecule has 3 nitrogen and oxygen atoms in total. The largest absolute Gasteiger partial charge is 0.354 e. The summed E-state index contributed by atoms with van der Waals surface area (Å²) in [7, 11) is 0. The van der Waals surface area contributed by atoms with Crippen LogP contribution in [0.4, 0.5) is 5.82 Å². The molecule has 1 aliphatic heterocycles. The zero-order valence-corrected chi connectivity index (χ0v) is 10.0. The lowest BCUT2D eigenvalue weighted by molar-refractivity contribution is 0.447. The predicted octanol–water partition coefficient (Wildman–Crippen LogP) is 2.31. The van der Waals surface area contributed by atoms with Crippen LogP contribution in [-0.2, 0) is 6.54 Å². The van der Waals surface area contributed by atoms with Gasteiger partial charge in [0.1, 0.15) is 5.82 Å². The van der Waals surface area contributed by atoms with Gasteiger partial charge in [-0.05, 0) is 37.3 Å². The van der Waals surface area contributed by atoms with Gasteiger partial charge >= 0.3 is 0 Å². The summed E-state index contributed by atoms with van der Waals surface area (Å²) in [6.07, 6.45) is 7.06. The summed E-state index contributed by atoms with van der Waals surface area (Å²) < 4.78 is 0. The minimum Gasteiger partial charge on any atom is -0.354 e. The fourth-order valence-electron chi connectivity index (χ4n) is 2.43. The summed E-state index contributed by atoms with van der Waals surface area (Å²) in [5.74, 6) is 1.11. The van der Waals surface area contributed by atoms with E-state index in [1.807, 2.05) is 6.20 Å². The van der Waals surface area contributed by atoms with Gasteiger partial charge in [-0.15, -0.1) is 0 Å². The Kier molecular flexibility index (Phi) is 3.78. The van der Waals surface area contributed by atoms with Crippen LogP contribution in [0.3, 0.4) is 0 Å². The normalized spacial score (nSPS) is 21.1. The maximum absolute atomic E-state index is 5.58. The van der Waals surface area contributed by atoms with Gasteiger partial charge in [-0.1, -0.05) is 13.0 Å². The maximum Gasteiger partial charge on any atom is 0.128 e. The highest BCUT2D eigenvalue weighted by atomic mass is 15.2. The summed E-state index contributed by atoms with van der Waals surface area (Å²) in [5, 5.41) is 0. The van der Waals surface area contributed by atoms with E-state index in [4.69, 9.17) is 5.73 Å². The molecule has 1 aromatic rings. The van der Waals surface area contributed by atoms with Gasteiger partial charge in [-0.3, -0.25) is 0 Å². The van der Waals surface area contributed by atoms with Crippen molar-refractivity contribution in [2.45, 2.75) is 45.2 Å². The molecule has 0 aliphatic carbocycles. The SMILES string of the molecule is CC[C@H]1CCCCN1c1ccc(CN)cn1. The number of anilines is 1. The molecule has 0 unspecified atom stereocenters. The second-order valence-corrected chi connectivity index (χ2v) is 4.48. The molecule has 0 aromatic carbocycles. The fourth-order valence-corrected chi connectivity index (χ4v) is 2.43. The molecular weight excluding hydrogens is 198 g/mol. The van der Waals surface area contributed by atoms with Crippen LogP contribution in [0.2, 0.25) is 0 Å². The van der Waals surface area contributed by atoms with Crippen molar-refractivity contribution < 1.29 is 0 Å². The number of rotatable bonds is 3. The molecule has 1 aromatic heterocycles. The van der Waals surface area contributed by atoms with E-state index in [0.29, 0.717) is 12.6 Å². The summed E-state index contributed by atoms with van der Waals surface area (Å²) >= 11 is 0. The number of hydrogen-bond acceptors (Lipinski definition) is 3. The van der Waals surface area contributed by atoms with E-state index in [1.54, 1.807) is 0 Å². The highest BCUT2D eigenvalue weighted by Gasteiger charge is 2.21. The number of aromatic nitrogens is 1. The van der Waals surface area contributed by atoms with Crippen molar-refractivity contribution in [3.05, 3.63) is 23.9 Å². The Morgan fingerprint density at radius 2 is 2.31 bits per heavy atom. The molecule has 0 amide bonds. The van der Waals surface area contributed by atoms with E-state index >= 15 is 0 Å². The van der Waals surface area contributed by atoms with Crippen molar-refractivity contribution in [2.24, 2.45) is 5.73 Å². The molecule has 2 heterocycles. The van der Waals surface area contributed by atoms with Crippen LogP contribution in [0.15, 0.2) is 18.3 Å². The standard InChI is InChI=1S/C13H21N3/c1-2-12-5-3-4-8-16(12)13-7-6-11(9-14)10-15-13/h6-7,10,12H,2-5,8-9,14H2,1H3/t12-/m0/s1. The summed E-state index contributed by atoms with van der Waals surface area (Å²) in [6, 6.07) is 4.87. The maximum atomic E-state index is 5.58. The second-order valence-electron chi connectivity index (χ2n) is 4.48. The Hall–Kier alpha value is -1.09. The summed E-state index contributed by atoms with van der Waals surface area (Å²) in [5.41, 5.74) is 6.68. The van der Waals surface area contributed by atoms with Gasteiger partial charge in [-0.2, -0.15) is 0 Å². The molecule has 1 aliphatic rings. The van der Waals surface area contributed by atoms with Crippen molar-refractivity contribution >= 4 is 5.82 Å². The van der Waals surface area contributed by atoms with Crippen molar-refractivity contribution in [3.8, 4) is 0 Å². The van der Waals surface area contributed by atoms with E-state index in [-0.39, 0.29) is 0 Å². The van der Waals surface area contributed by atoms with Crippen LogP contribution in [0.1, 0.15) is 38.2 Å². The molecule has 16 heavy (non-hydrogen) atoms. The van der Waals surface area contributed by atoms with Gasteiger partial charge in [-0.25, -0.2) is 4.98 Å². The molecular formula is C13H21N3. The number of nitrogens with two attached hydrogens (primary N) is 1. The highest BCUT2D eigenvalue weighted by Crippen LogP contribution is 2.24. The van der Waals surface area contributed by atoms with Crippen LogP contribution in [0.25, 0.3) is 0 Å². The van der Waals surface area contributed by atoms with Crippen molar-refractivity contribution in [1.82, 2.24) is 4.98 Å².